The molecule has 3 heterocycles. The monoisotopic (exact) mass is 486 g/mol. The summed E-state index contributed by atoms with van der Waals surface area (Å²) in [5, 5.41) is 10.6. The minimum Gasteiger partial charge on any atom is -0.351 e. The largest absolute Gasteiger partial charge is 0.351 e. The van der Waals surface area contributed by atoms with Crippen molar-refractivity contribution in [2.24, 2.45) is 0 Å². The van der Waals surface area contributed by atoms with Gasteiger partial charge < -0.3 is 14.7 Å². The van der Waals surface area contributed by atoms with Gasteiger partial charge in [0.15, 0.2) is 5.11 Å². The molecule has 0 spiro atoms. The van der Waals surface area contributed by atoms with Gasteiger partial charge in [0.1, 0.15) is 0 Å². The van der Waals surface area contributed by atoms with E-state index in [9.17, 15) is 0 Å². The molecule has 4 aromatic rings. The van der Waals surface area contributed by atoms with Crippen LogP contribution in [0.3, 0.4) is 0 Å². The Bertz CT molecular complexity index is 1320. The lowest BCUT2D eigenvalue weighted by Crippen LogP contribution is -2.45. The molecule has 1 aliphatic rings. The maximum atomic E-state index is 5.85. The van der Waals surface area contributed by atoms with Crippen LogP contribution in [0.1, 0.15) is 47.3 Å². The fourth-order valence-electron chi connectivity index (χ4n) is 4.16. The van der Waals surface area contributed by atoms with E-state index in [-0.39, 0.29) is 6.04 Å². The summed E-state index contributed by atoms with van der Waals surface area (Å²) >= 11 is 7.54. The predicted molar refractivity (Wildman–Crippen MR) is 141 cm³/mol. The molecule has 2 aromatic carbocycles. The van der Waals surface area contributed by atoms with Crippen molar-refractivity contribution in [2.75, 3.05) is 0 Å². The van der Waals surface area contributed by atoms with E-state index in [1.54, 1.807) is 11.3 Å². The van der Waals surface area contributed by atoms with Gasteiger partial charge in [0.25, 0.3) is 5.89 Å². The first-order chi connectivity index (χ1) is 16.5. The van der Waals surface area contributed by atoms with Crippen molar-refractivity contribution in [3.63, 3.8) is 0 Å². The second kappa shape index (κ2) is 9.52. The van der Waals surface area contributed by atoms with Crippen LogP contribution in [0.15, 0.2) is 76.3 Å². The summed E-state index contributed by atoms with van der Waals surface area (Å²) in [6.45, 7) is 7.00. The van der Waals surface area contributed by atoms with E-state index < -0.39 is 0 Å². The van der Waals surface area contributed by atoms with Gasteiger partial charge >= 0.3 is 0 Å². The van der Waals surface area contributed by atoms with Gasteiger partial charge in [-0.2, -0.15) is 4.98 Å². The van der Waals surface area contributed by atoms with Crippen LogP contribution >= 0.6 is 23.6 Å². The number of rotatable bonds is 6. The Morgan fingerprint density at radius 2 is 1.82 bits per heavy atom. The number of thiophene rings is 1. The summed E-state index contributed by atoms with van der Waals surface area (Å²) in [7, 11) is 0. The summed E-state index contributed by atoms with van der Waals surface area (Å²) in [4.78, 5) is 8.16. The molecule has 1 atom stereocenters. The molecule has 1 aliphatic heterocycles. The lowest BCUT2D eigenvalue weighted by Gasteiger charge is -2.37. The average Bonchev–Trinajstić information content (AvgIpc) is 3.54. The quantitative estimate of drug-likeness (QED) is 0.313. The summed E-state index contributed by atoms with van der Waals surface area (Å²) in [6, 6.07) is 20.8. The highest BCUT2D eigenvalue weighted by Gasteiger charge is 2.34. The van der Waals surface area contributed by atoms with Crippen LogP contribution in [-0.2, 0) is 13.0 Å². The smallest absolute Gasteiger partial charge is 0.258 e. The van der Waals surface area contributed by atoms with Gasteiger partial charge in [-0.3, -0.25) is 0 Å². The fraction of sp³-hybridized carbons (Fsp3) is 0.222. The van der Waals surface area contributed by atoms with Crippen LogP contribution in [-0.4, -0.2) is 20.2 Å². The number of aromatic nitrogens is 2. The molecule has 0 bridgehead atoms. The van der Waals surface area contributed by atoms with Gasteiger partial charge in [-0.15, -0.1) is 11.3 Å². The van der Waals surface area contributed by atoms with Crippen molar-refractivity contribution in [3.05, 3.63) is 99.2 Å². The molecule has 0 fully saturated rings. The number of benzene rings is 2. The van der Waals surface area contributed by atoms with Crippen molar-refractivity contribution < 1.29 is 4.52 Å². The van der Waals surface area contributed by atoms with Gasteiger partial charge in [0.05, 0.1) is 18.2 Å². The molecular weight excluding hydrogens is 460 g/mol. The number of hydrogen-bond acceptors (Lipinski definition) is 5. The second-order valence-corrected chi connectivity index (χ2v) is 9.85. The van der Waals surface area contributed by atoms with Crippen LogP contribution in [0.2, 0.25) is 0 Å². The standard InChI is InChI=1S/C27H26N4OS2/c1-4-19-9-13-20(14-10-19)24-23(18(3)31(27(33)28-24)16-22-6-5-15-34-22)26-29-25(30-32-26)21-11-7-17(2)8-12-21/h5-15,24H,4,16H2,1-3H3,(H,28,33). The van der Waals surface area contributed by atoms with Crippen molar-refractivity contribution in [2.45, 2.75) is 39.8 Å². The summed E-state index contributed by atoms with van der Waals surface area (Å²) in [5.74, 6) is 1.08. The average molecular weight is 487 g/mol. The Morgan fingerprint density at radius 1 is 1.06 bits per heavy atom. The number of nitrogens with one attached hydrogen (secondary N) is 1. The third-order valence-corrected chi connectivity index (χ3v) is 7.38. The molecule has 1 unspecified atom stereocenters. The minimum absolute atomic E-state index is 0.177. The lowest BCUT2D eigenvalue weighted by atomic mass is 9.94. The molecule has 1 N–H and O–H groups in total. The van der Waals surface area contributed by atoms with Gasteiger partial charge in [-0.05, 0) is 55.1 Å². The fourth-order valence-corrected chi connectivity index (χ4v) is 5.17. The van der Waals surface area contributed by atoms with Crippen molar-refractivity contribution >= 4 is 34.2 Å². The van der Waals surface area contributed by atoms with E-state index >= 15 is 0 Å². The van der Waals surface area contributed by atoms with Gasteiger partial charge in [-0.1, -0.05) is 72.2 Å². The summed E-state index contributed by atoms with van der Waals surface area (Å²) < 4.78 is 5.85. The SMILES string of the molecule is CCc1ccc(C2NC(=S)N(Cc3cccs3)C(C)=C2c2nc(-c3ccc(C)cc3)no2)cc1. The molecule has 0 radical (unpaired) electrons. The highest BCUT2D eigenvalue weighted by molar-refractivity contribution is 7.80. The van der Waals surface area contributed by atoms with E-state index in [0.29, 0.717) is 23.4 Å². The molecule has 0 aliphatic carbocycles. The van der Waals surface area contributed by atoms with E-state index in [2.05, 4.69) is 90.1 Å². The number of allylic oxidation sites excluding steroid dienone is 1. The first-order valence-electron chi connectivity index (χ1n) is 11.3. The van der Waals surface area contributed by atoms with Crippen molar-refractivity contribution in [1.82, 2.24) is 20.4 Å². The maximum absolute atomic E-state index is 5.85. The molecular formula is C27H26N4OS2. The van der Waals surface area contributed by atoms with Crippen molar-refractivity contribution in [1.29, 1.82) is 0 Å². The Morgan fingerprint density at radius 3 is 2.50 bits per heavy atom. The molecule has 0 saturated carbocycles. The normalized spacial score (nSPS) is 16.1. The topological polar surface area (TPSA) is 54.2 Å². The Labute approximate surface area is 209 Å². The molecule has 2 aromatic heterocycles. The Balaban J connectivity index is 1.58. The summed E-state index contributed by atoms with van der Waals surface area (Å²) in [6.07, 6.45) is 0.997. The lowest BCUT2D eigenvalue weighted by molar-refractivity contribution is 0.396. The first kappa shape index (κ1) is 22.5. The zero-order valence-electron chi connectivity index (χ0n) is 19.4. The third kappa shape index (κ3) is 4.41. The number of hydrogen-bond donors (Lipinski definition) is 1. The van der Waals surface area contributed by atoms with Crippen LogP contribution in [0.25, 0.3) is 17.0 Å². The molecule has 5 rings (SSSR count). The van der Waals surface area contributed by atoms with Crippen molar-refractivity contribution in [3.8, 4) is 11.4 Å². The highest BCUT2D eigenvalue weighted by atomic mass is 32.1. The van der Waals surface area contributed by atoms with Crippen LogP contribution in [0, 0.1) is 6.92 Å². The van der Waals surface area contributed by atoms with E-state index in [4.69, 9.17) is 21.7 Å². The van der Waals surface area contributed by atoms with Gasteiger partial charge in [-0.25, -0.2) is 0 Å². The van der Waals surface area contributed by atoms with Crippen LogP contribution in [0.5, 0.6) is 0 Å². The zero-order chi connectivity index (χ0) is 23.7. The molecule has 34 heavy (non-hydrogen) atoms. The summed E-state index contributed by atoms with van der Waals surface area (Å²) in [5.41, 5.74) is 6.48. The van der Waals surface area contributed by atoms with E-state index in [1.165, 1.54) is 16.0 Å². The third-order valence-electron chi connectivity index (χ3n) is 6.18. The zero-order valence-corrected chi connectivity index (χ0v) is 21.0. The van der Waals surface area contributed by atoms with E-state index in [1.807, 2.05) is 12.1 Å². The van der Waals surface area contributed by atoms with Crippen LogP contribution < -0.4 is 5.32 Å². The Kier molecular flexibility index (Phi) is 6.30. The first-order valence-corrected chi connectivity index (χ1v) is 12.6. The highest BCUT2D eigenvalue weighted by Crippen LogP contribution is 2.38. The Hall–Kier alpha value is -3.29. The number of thiocarbonyl (C=S) groups is 1. The molecule has 5 nitrogen and oxygen atoms in total. The van der Waals surface area contributed by atoms with Crippen LogP contribution in [0.4, 0.5) is 0 Å². The second-order valence-electron chi connectivity index (χ2n) is 8.43. The maximum Gasteiger partial charge on any atom is 0.258 e. The molecule has 0 saturated heterocycles. The molecule has 0 amide bonds. The number of nitrogens with zero attached hydrogens (tertiary/aromatic N) is 3. The van der Waals surface area contributed by atoms with E-state index in [0.717, 1.165) is 28.8 Å². The van der Waals surface area contributed by atoms with Gasteiger partial charge in [0.2, 0.25) is 5.82 Å². The molecule has 172 valence electrons. The predicted octanol–water partition coefficient (Wildman–Crippen LogP) is 6.53. The minimum atomic E-state index is -0.177. The van der Waals surface area contributed by atoms with Gasteiger partial charge in [0, 0.05) is 16.1 Å². The number of aryl methyl sites for hydroxylation is 2. The molecule has 7 heteroatoms.